The van der Waals surface area contributed by atoms with Crippen LogP contribution in [0, 0.1) is 0 Å². The summed E-state index contributed by atoms with van der Waals surface area (Å²) in [5, 5.41) is 12.5. The fourth-order valence-corrected chi connectivity index (χ4v) is 2.25. The molecule has 0 atom stereocenters. The molecule has 7 nitrogen and oxygen atoms in total. The number of carboxylic acid groups (broad SMARTS) is 1. The first-order chi connectivity index (χ1) is 11.5. The van der Waals surface area contributed by atoms with E-state index in [0.717, 1.165) is 5.56 Å². The Bertz CT molecular complexity index is 735. The van der Waals surface area contributed by atoms with E-state index in [1.165, 1.54) is 30.1 Å². The number of rotatable bonds is 7. The second-order valence-electron chi connectivity index (χ2n) is 4.70. The summed E-state index contributed by atoms with van der Waals surface area (Å²) in [6, 6.07) is 6.46. The number of aromatic carboxylic acids is 1. The Kier molecular flexibility index (Phi) is 6.14. The van der Waals surface area contributed by atoms with Crippen LogP contribution in [0.25, 0.3) is 0 Å². The molecule has 2 N–H and O–H groups in total. The van der Waals surface area contributed by atoms with Gasteiger partial charge in [-0.3, -0.25) is 0 Å². The van der Waals surface area contributed by atoms with Gasteiger partial charge < -0.3 is 15.2 Å². The number of ether oxygens (including phenoxy) is 1. The van der Waals surface area contributed by atoms with Gasteiger partial charge in [0.2, 0.25) is 0 Å². The first-order valence-electron chi connectivity index (χ1n) is 7.19. The van der Waals surface area contributed by atoms with Gasteiger partial charge in [-0.05, 0) is 30.9 Å². The van der Waals surface area contributed by atoms with Crippen molar-refractivity contribution < 1.29 is 19.4 Å². The Labute approximate surface area is 143 Å². The fourth-order valence-electron chi connectivity index (χ4n) is 1.91. The van der Waals surface area contributed by atoms with Gasteiger partial charge in [-0.15, -0.1) is 0 Å². The number of nitrogens with zero attached hydrogens (tertiary/aromatic N) is 2. The maximum Gasteiger partial charge on any atom is 0.343 e. The molecular formula is C16H17N3O4S. The van der Waals surface area contributed by atoms with Gasteiger partial charge in [0.15, 0.2) is 5.16 Å². The van der Waals surface area contributed by atoms with Crippen molar-refractivity contribution in [3.05, 3.63) is 47.2 Å². The first-order valence-corrected chi connectivity index (χ1v) is 8.42. The van der Waals surface area contributed by atoms with Crippen molar-refractivity contribution in [1.29, 1.82) is 0 Å². The number of esters is 1. The Morgan fingerprint density at radius 1 is 1.29 bits per heavy atom. The smallest absolute Gasteiger partial charge is 0.343 e. The zero-order chi connectivity index (χ0) is 17.5. The van der Waals surface area contributed by atoms with Crippen molar-refractivity contribution in [3.63, 3.8) is 0 Å². The van der Waals surface area contributed by atoms with E-state index >= 15 is 0 Å². The molecule has 0 aliphatic heterocycles. The van der Waals surface area contributed by atoms with Crippen LogP contribution in [0.2, 0.25) is 0 Å². The number of nitrogens with one attached hydrogen (secondary N) is 1. The van der Waals surface area contributed by atoms with Crippen LogP contribution >= 0.6 is 11.8 Å². The molecule has 126 valence electrons. The predicted octanol–water partition coefficient (Wildman–Crippen LogP) is 2.69. The van der Waals surface area contributed by atoms with Crippen LogP contribution in [0.1, 0.15) is 33.2 Å². The van der Waals surface area contributed by atoms with E-state index in [-0.39, 0.29) is 17.7 Å². The van der Waals surface area contributed by atoms with Crippen LogP contribution in [-0.2, 0) is 11.3 Å². The molecule has 0 unspecified atom stereocenters. The SMILES string of the molecule is CCOC(=O)c1cnc(SC)nc1NCc1ccc(C(=O)O)cc1. The molecule has 8 heteroatoms. The number of hydrogen-bond acceptors (Lipinski definition) is 7. The van der Waals surface area contributed by atoms with Crippen molar-refractivity contribution >= 4 is 29.5 Å². The molecule has 0 aliphatic rings. The Balaban J connectivity index is 2.17. The number of benzene rings is 1. The van der Waals surface area contributed by atoms with Crippen LogP contribution in [0.5, 0.6) is 0 Å². The third-order valence-electron chi connectivity index (χ3n) is 3.11. The number of hydrogen-bond donors (Lipinski definition) is 2. The highest BCUT2D eigenvalue weighted by Gasteiger charge is 2.15. The minimum Gasteiger partial charge on any atom is -0.478 e. The number of aromatic nitrogens is 2. The topological polar surface area (TPSA) is 101 Å². The summed E-state index contributed by atoms with van der Waals surface area (Å²) >= 11 is 1.36. The Morgan fingerprint density at radius 3 is 2.58 bits per heavy atom. The van der Waals surface area contributed by atoms with E-state index in [0.29, 0.717) is 17.5 Å². The molecule has 1 aromatic carbocycles. The minimum atomic E-state index is -0.973. The normalized spacial score (nSPS) is 10.2. The lowest BCUT2D eigenvalue weighted by molar-refractivity contribution is 0.0525. The predicted molar refractivity (Wildman–Crippen MR) is 90.5 cm³/mol. The van der Waals surface area contributed by atoms with Crippen LogP contribution in [0.15, 0.2) is 35.6 Å². The molecular weight excluding hydrogens is 330 g/mol. The summed E-state index contributed by atoms with van der Waals surface area (Å²) in [7, 11) is 0. The monoisotopic (exact) mass is 347 g/mol. The Hall–Kier alpha value is -2.61. The maximum absolute atomic E-state index is 12.0. The molecule has 0 radical (unpaired) electrons. The van der Waals surface area contributed by atoms with Crippen molar-refractivity contribution in [1.82, 2.24) is 9.97 Å². The van der Waals surface area contributed by atoms with Crippen LogP contribution in [0.4, 0.5) is 5.82 Å². The molecule has 2 aromatic rings. The molecule has 0 saturated heterocycles. The number of carbonyl (C=O) groups excluding carboxylic acids is 1. The van der Waals surface area contributed by atoms with Crippen molar-refractivity contribution in [2.75, 3.05) is 18.2 Å². The van der Waals surface area contributed by atoms with Gasteiger partial charge in [0.1, 0.15) is 11.4 Å². The molecule has 2 rings (SSSR count). The van der Waals surface area contributed by atoms with Gasteiger partial charge in [0, 0.05) is 12.7 Å². The van der Waals surface area contributed by atoms with E-state index in [9.17, 15) is 9.59 Å². The number of anilines is 1. The molecule has 24 heavy (non-hydrogen) atoms. The lowest BCUT2D eigenvalue weighted by Crippen LogP contribution is -2.12. The summed E-state index contributed by atoms with van der Waals surface area (Å²) < 4.78 is 5.01. The largest absolute Gasteiger partial charge is 0.478 e. The second kappa shape index (κ2) is 8.30. The molecule has 0 spiro atoms. The summed E-state index contributed by atoms with van der Waals surface area (Å²) in [6.45, 7) is 2.38. The van der Waals surface area contributed by atoms with Crippen LogP contribution in [-0.4, -0.2) is 39.9 Å². The molecule has 1 heterocycles. The highest BCUT2D eigenvalue weighted by Crippen LogP contribution is 2.18. The highest BCUT2D eigenvalue weighted by atomic mass is 32.2. The molecule has 1 aromatic heterocycles. The zero-order valence-corrected chi connectivity index (χ0v) is 14.1. The van der Waals surface area contributed by atoms with Gasteiger partial charge in [0.05, 0.1) is 12.2 Å². The van der Waals surface area contributed by atoms with Crippen molar-refractivity contribution in [2.24, 2.45) is 0 Å². The zero-order valence-electron chi connectivity index (χ0n) is 13.3. The first kappa shape index (κ1) is 17.7. The molecule has 0 amide bonds. The number of carbonyl (C=O) groups is 2. The summed E-state index contributed by atoms with van der Waals surface area (Å²) in [5.74, 6) is -1.08. The lowest BCUT2D eigenvalue weighted by Gasteiger charge is -2.11. The van der Waals surface area contributed by atoms with E-state index in [1.54, 1.807) is 19.1 Å². The van der Waals surface area contributed by atoms with Gasteiger partial charge in [-0.25, -0.2) is 19.6 Å². The quantitative estimate of drug-likeness (QED) is 0.448. The second-order valence-corrected chi connectivity index (χ2v) is 5.47. The van der Waals surface area contributed by atoms with Gasteiger partial charge in [-0.1, -0.05) is 23.9 Å². The van der Waals surface area contributed by atoms with E-state index in [4.69, 9.17) is 9.84 Å². The Morgan fingerprint density at radius 2 is 2.00 bits per heavy atom. The molecule has 0 fully saturated rings. The van der Waals surface area contributed by atoms with E-state index < -0.39 is 11.9 Å². The third-order valence-corrected chi connectivity index (χ3v) is 3.67. The summed E-state index contributed by atoms with van der Waals surface area (Å²) in [6.07, 6.45) is 3.28. The van der Waals surface area contributed by atoms with E-state index in [2.05, 4.69) is 15.3 Å². The number of carboxylic acids is 1. The van der Waals surface area contributed by atoms with E-state index in [1.807, 2.05) is 6.26 Å². The van der Waals surface area contributed by atoms with Gasteiger partial charge in [0.25, 0.3) is 0 Å². The van der Waals surface area contributed by atoms with Crippen molar-refractivity contribution in [3.8, 4) is 0 Å². The fraction of sp³-hybridized carbons (Fsp3) is 0.250. The maximum atomic E-state index is 12.0. The number of thioether (sulfide) groups is 1. The molecule has 0 aliphatic carbocycles. The summed E-state index contributed by atoms with van der Waals surface area (Å²) in [4.78, 5) is 31.2. The molecule has 0 bridgehead atoms. The lowest BCUT2D eigenvalue weighted by atomic mass is 10.1. The van der Waals surface area contributed by atoms with Crippen LogP contribution in [0.3, 0.4) is 0 Å². The average Bonchev–Trinajstić information content (AvgIpc) is 2.60. The molecule has 0 saturated carbocycles. The van der Waals surface area contributed by atoms with Gasteiger partial charge in [-0.2, -0.15) is 0 Å². The summed E-state index contributed by atoms with van der Waals surface area (Å²) in [5.41, 5.74) is 1.34. The minimum absolute atomic E-state index is 0.220. The van der Waals surface area contributed by atoms with Crippen LogP contribution < -0.4 is 5.32 Å². The standard InChI is InChI=1S/C16H17N3O4S/c1-3-23-15(22)12-9-18-16(24-2)19-13(12)17-8-10-4-6-11(7-5-10)14(20)21/h4-7,9H,3,8H2,1-2H3,(H,20,21)(H,17,18,19). The average molecular weight is 347 g/mol. The highest BCUT2D eigenvalue weighted by molar-refractivity contribution is 7.98. The van der Waals surface area contributed by atoms with Crippen molar-refractivity contribution in [2.45, 2.75) is 18.6 Å². The van der Waals surface area contributed by atoms with Gasteiger partial charge >= 0.3 is 11.9 Å². The third kappa shape index (κ3) is 4.45.